The minimum absolute atomic E-state index is 0.195. The lowest BCUT2D eigenvalue weighted by molar-refractivity contribution is -0.137. The summed E-state index contributed by atoms with van der Waals surface area (Å²) >= 11 is 1.44. The molecule has 1 aromatic rings. The molecule has 0 aliphatic carbocycles. The summed E-state index contributed by atoms with van der Waals surface area (Å²) in [6, 6.07) is 0. The lowest BCUT2D eigenvalue weighted by atomic mass is 10.2. The van der Waals surface area contributed by atoms with E-state index < -0.39 is 5.97 Å². The first-order valence-electron chi connectivity index (χ1n) is 5.49. The van der Waals surface area contributed by atoms with Crippen LogP contribution in [0, 0.1) is 6.92 Å². The highest BCUT2D eigenvalue weighted by Gasteiger charge is 2.10. The van der Waals surface area contributed by atoms with Gasteiger partial charge in [-0.25, -0.2) is 4.98 Å². The zero-order chi connectivity index (χ0) is 12.7. The number of amides is 1. The molecule has 17 heavy (non-hydrogen) atoms. The molecule has 1 N–H and O–H groups in total. The standard InChI is InChI=1S/C11H16N2O3S/c1-9-11(17-7-12-9)13(8-14)6-4-2-3-5-10(15)16/h7-8H,2-6H2,1H3,(H,15,16). The van der Waals surface area contributed by atoms with Crippen molar-refractivity contribution in [1.82, 2.24) is 4.98 Å². The molecule has 0 aromatic carbocycles. The summed E-state index contributed by atoms with van der Waals surface area (Å²) in [5.41, 5.74) is 2.57. The summed E-state index contributed by atoms with van der Waals surface area (Å²) in [7, 11) is 0. The van der Waals surface area contributed by atoms with Crippen molar-refractivity contribution in [3.63, 3.8) is 0 Å². The van der Waals surface area contributed by atoms with Crippen molar-refractivity contribution in [2.45, 2.75) is 32.6 Å². The lowest BCUT2D eigenvalue weighted by Crippen LogP contribution is -2.22. The highest BCUT2D eigenvalue weighted by Crippen LogP contribution is 2.23. The smallest absolute Gasteiger partial charge is 0.303 e. The zero-order valence-corrected chi connectivity index (χ0v) is 10.6. The van der Waals surface area contributed by atoms with Gasteiger partial charge in [-0.3, -0.25) is 9.59 Å². The molecule has 0 atom stereocenters. The summed E-state index contributed by atoms with van der Waals surface area (Å²) in [6.45, 7) is 2.49. The van der Waals surface area contributed by atoms with E-state index in [9.17, 15) is 9.59 Å². The number of thiazole rings is 1. The number of carboxylic acids is 1. The van der Waals surface area contributed by atoms with E-state index in [1.807, 2.05) is 6.92 Å². The van der Waals surface area contributed by atoms with Gasteiger partial charge in [-0.1, -0.05) is 6.42 Å². The van der Waals surface area contributed by atoms with Crippen molar-refractivity contribution in [1.29, 1.82) is 0 Å². The lowest BCUT2D eigenvalue weighted by Gasteiger charge is -2.15. The van der Waals surface area contributed by atoms with E-state index in [0.29, 0.717) is 13.0 Å². The maximum Gasteiger partial charge on any atom is 0.303 e. The fraction of sp³-hybridized carbons (Fsp3) is 0.545. The van der Waals surface area contributed by atoms with Crippen LogP contribution >= 0.6 is 11.3 Å². The van der Waals surface area contributed by atoms with E-state index in [1.165, 1.54) is 11.3 Å². The average Bonchev–Trinajstić information content (AvgIpc) is 2.70. The van der Waals surface area contributed by atoms with E-state index in [0.717, 1.165) is 29.9 Å². The van der Waals surface area contributed by atoms with Gasteiger partial charge in [0.15, 0.2) is 0 Å². The number of carbonyl (C=O) groups excluding carboxylic acids is 1. The predicted molar refractivity (Wildman–Crippen MR) is 66.4 cm³/mol. The Balaban J connectivity index is 2.31. The fourth-order valence-corrected chi connectivity index (χ4v) is 2.31. The van der Waals surface area contributed by atoms with Gasteiger partial charge in [0, 0.05) is 13.0 Å². The van der Waals surface area contributed by atoms with Crippen LogP contribution in [0.2, 0.25) is 0 Å². The van der Waals surface area contributed by atoms with E-state index in [-0.39, 0.29) is 6.42 Å². The fourth-order valence-electron chi connectivity index (χ4n) is 1.51. The number of aryl methyl sites for hydroxylation is 1. The van der Waals surface area contributed by atoms with E-state index in [2.05, 4.69) is 4.98 Å². The number of aliphatic carboxylic acids is 1. The van der Waals surface area contributed by atoms with Gasteiger partial charge in [-0.2, -0.15) is 0 Å². The largest absolute Gasteiger partial charge is 0.481 e. The Morgan fingerprint density at radius 1 is 1.53 bits per heavy atom. The molecule has 0 saturated heterocycles. The predicted octanol–water partition coefficient (Wildman–Crippen LogP) is 2.06. The molecule has 0 unspecified atom stereocenters. The number of hydrogen-bond donors (Lipinski definition) is 1. The second-order valence-corrected chi connectivity index (χ2v) is 4.58. The number of hydrogen-bond acceptors (Lipinski definition) is 4. The second-order valence-electron chi connectivity index (χ2n) is 3.75. The van der Waals surface area contributed by atoms with Crippen LogP contribution in [-0.4, -0.2) is 29.0 Å². The van der Waals surface area contributed by atoms with E-state index in [4.69, 9.17) is 5.11 Å². The van der Waals surface area contributed by atoms with Crippen LogP contribution in [0.1, 0.15) is 31.4 Å². The number of aromatic nitrogens is 1. The minimum Gasteiger partial charge on any atom is -0.481 e. The first-order valence-corrected chi connectivity index (χ1v) is 6.37. The van der Waals surface area contributed by atoms with Gasteiger partial charge >= 0.3 is 5.97 Å². The molecule has 0 fully saturated rings. The normalized spacial score (nSPS) is 10.2. The summed E-state index contributed by atoms with van der Waals surface area (Å²) < 4.78 is 0. The molecule has 1 heterocycles. The number of unbranched alkanes of at least 4 members (excludes halogenated alkanes) is 2. The van der Waals surface area contributed by atoms with Crippen molar-refractivity contribution in [3.05, 3.63) is 11.2 Å². The van der Waals surface area contributed by atoms with Crippen LogP contribution in [0.3, 0.4) is 0 Å². The summed E-state index contributed by atoms with van der Waals surface area (Å²) in [5.74, 6) is -0.768. The molecule has 0 spiro atoms. The Hall–Kier alpha value is -1.43. The molecule has 1 amide bonds. The van der Waals surface area contributed by atoms with Crippen LogP contribution in [0.5, 0.6) is 0 Å². The highest BCUT2D eigenvalue weighted by molar-refractivity contribution is 7.14. The summed E-state index contributed by atoms with van der Waals surface area (Å²) in [4.78, 5) is 27.0. The number of rotatable bonds is 8. The van der Waals surface area contributed by atoms with Crippen LogP contribution < -0.4 is 4.90 Å². The van der Waals surface area contributed by atoms with Gasteiger partial charge in [0.25, 0.3) is 0 Å². The van der Waals surface area contributed by atoms with Crippen molar-refractivity contribution in [2.75, 3.05) is 11.4 Å². The topological polar surface area (TPSA) is 70.5 Å². The van der Waals surface area contributed by atoms with Gasteiger partial charge in [0.05, 0.1) is 11.2 Å². The molecule has 0 aliphatic rings. The molecule has 1 aromatic heterocycles. The van der Waals surface area contributed by atoms with Gasteiger partial charge in [-0.15, -0.1) is 11.3 Å². The number of anilines is 1. The number of nitrogens with zero attached hydrogens (tertiary/aromatic N) is 2. The first kappa shape index (κ1) is 13.6. The zero-order valence-electron chi connectivity index (χ0n) is 9.76. The highest BCUT2D eigenvalue weighted by atomic mass is 32.1. The van der Waals surface area contributed by atoms with E-state index in [1.54, 1.807) is 10.4 Å². The van der Waals surface area contributed by atoms with Crippen molar-refractivity contribution >= 4 is 28.7 Å². The van der Waals surface area contributed by atoms with Crippen LogP contribution in [0.4, 0.5) is 5.00 Å². The van der Waals surface area contributed by atoms with Crippen molar-refractivity contribution < 1.29 is 14.7 Å². The van der Waals surface area contributed by atoms with Crippen LogP contribution in [0.15, 0.2) is 5.51 Å². The van der Waals surface area contributed by atoms with Crippen LogP contribution in [0.25, 0.3) is 0 Å². The molecule has 5 nitrogen and oxygen atoms in total. The SMILES string of the molecule is Cc1ncsc1N(C=O)CCCCCC(=O)O. The third kappa shape index (κ3) is 4.52. The maximum atomic E-state index is 10.9. The van der Waals surface area contributed by atoms with E-state index >= 15 is 0 Å². The van der Waals surface area contributed by atoms with Crippen molar-refractivity contribution in [3.8, 4) is 0 Å². The Bertz CT molecular complexity index is 379. The Labute approximate surface area is 104 Å². The number of carbonyl (C=O) groups is 2. The molecule has 0 saturated carbocycles. The molecule has 6 heteroatoms. The molecular formula is C11H16N2O3S. The molecular weight excluding hydrogens is 240 g/mol. The molecule has 0 radical (unpaired) electrons. The third-order valence-corrected chi connectivity index (χ3v) is 3.36. The Morgan fingerprint density at radius 3 is 2.82 bits per heavy atom. The quantitative estimate of drug-likeness (QED) is 0.571. The van der Waals surface area contributed by atoms with Gasteiger partial charge < -0.3 is 10.0 Å². The Morgan fingerprint density at radius 2 is 2.29 bits per heavy atom. The molecule has 0 aliphatic heterocycles. The van der Waals surface area contributed by atoms with Gasteiger partial charge in [0.2, 0.25) is 6.41 Å². The second kappa shape index (κ2) is 7.01. The van der Waals surface area contributed by atoms with Crippen molar-refractivity contribution in [2.24, 2.45) is 0 Å². The molecule has 0 bridgehead atoms. The summed E-state index contributed by atoms with van der Waals surface area (Å²) in [6.07, 6.45) is 3.28. The first-order chi connectivity index (χ1) is 8.15. The van der Waals surface area contributed by atoms with Gasteiger partial charge in [0.1, 0.15) is 5.00 Å². The Kier molecular flexibility index (Phi) is 5.62. The van der Waals surface area contributed by atoms with Gasteiger partial charge in [-0.05, 0) is 19.8 Å². The average molecular weight is 256 g/mol. The maximum absolute atomic E-state index is 10.9. The molecule has 94 valence electrons. The van der Waals surface area contributed by atoms with Crippen LogP contribution in [-0.2, 0) is 9.59 Å². The summed E-state index contributed by atoms with van der Waals surface area (Å²) in [5, 5.41) is 9.35. The molecule has 1 rings (SSSR count). The monoisotopic (exact) mass is 256 g/mol. The minimum atomic E-state index is -0.768. The third-order valence-electron chi connectivity index (χ3n) is 2.40. The number of carboxylic acid groups (broad SMARTS) is 1.